The van der Waals surface area contributed by atoms with Gasteiger partial charge in [-0.15, -0.1) is 0 Å². The molecule has 4 rings (SSSR count). The first kappa shape index (κ1) is 18.5. The Bertz CT molecular complexity index is 1090. The number of benzene rings is 1. The van der Waals surface area contributed by atoms with Crippen molar-refractivity contribution in [3.8, 4) is 11.8 Å². The minimum Gasteiger partial charge on any atom is -0.345 e. The van der Waals surface area contributed by atoms with E-state index in [9.17, 15) is 9.59 Å². The van der Waals surface area contributed by atoms with E-state index in [-0.39, 0.29) is 11.8 Å². The first-order valence-electron chi connectivity index (χ1n) is 9.35. The number of anilines is 1. The fourth-order valence-electron chi connectivity index (χ4n) is 3.64. The van der Waals surface area contributed by atoms with Crippen molar-refractivity contribution in [2.45, 2.75) is 18.9 Å². The van der Waals surface area contributed by atoms with E-state index < -0.39 is 6.04 Å². The van der Waals surface area contributed by atoms with E-state index in [0.717, 1.165) is 12.1 Å². The van der Waals surface area contributed by atoms with Crippen LogP contribution in [0.1, 0.15) is 28.9 Å². The second-order valence-electron chi connectivity index (χ2n) is 6.98. The first-order chi connectivity index (χ1) is 14.1. The molecule has 2 amide bonds. The summed E-state index contributed by atoms with van der Waals surface area (Å²) in [5, 5.41) is 16.2. The standard InChI is InChI=1S/C21H20N6O2/c1-25-14-15(13-22)11-19(25)21(29)26-9-3-7-18(26)20(28)24-16-5-2-6-17(12-16)27-10-4-8-23-27/h2,4-6,8,10-12,14,18H,3,7,9H2,1H3,(H,24,28)/t18-/m0/s1. The average Bonchev–Trinajstić information content (AvgIpc) is 3.48. The Morgan fingerprint density at radius 3 is 2.86 bits per heavy atom. The van der Waals surface area contributed by atoms with Crippen molar-refractivity contribution in [1.29, 1.82) is 5.26 Å². The third kappa shape index (κ3) is 3.62. The lowest BCUT2D eigenvalue weighted by atomic mass is 10.2. The molecule has 0 spiro atoms. The van der Waals surface area contributed by atoms with Gasteiger partial charge in [-0.1, -0.05) is 6.07 Å². The smallest absolute Gasteiger partial charge is 0.271 e. The number of amides is 2. The summed E-state index contributed by atoms with van der Waals surface area (Å²) in [6.07, 6.45) is 6.49. The lowest BCUT2D eigenvalue weighted by molar-refractivity contribution is -0.119. The molecule has 0 saturated carbocycles. The number of hydrogen-bond acceptors (Lipinski definition) is 4. The average molecular weight is 388 g/mol. The van der Waals surface area contributed by atoms with E-state index in [4.69, 9.17) is 5.26 Å². The molecular formula is C21H20N6O2. The van der Waals surface area contributed by atoms with E-state index in [0.29, 0.717) is 29.9 Å². The Balaban J connectivity index is 1.51. The number of carbonyl (C=O) groups is 2. The highest BCUT2D eigenvalue weighted by atomic mass is 16.2. The summed E-state index contributed by atoms with van der Waals surface area (Å²) in [6, 6.07) is 12.3. The fraction of sp³-hybridized carbons (Fsp3) is 0.238. The number of nitriles is 1. The van der Waals surface area contributed by atoms with Crippen LogP contribution in [0.3, 0.4) is 0 Å². The van der Waals surface area contributed by atoms with E-state index >= 15 is 0 Å². The van der Waals surface area contributed by atoms with Crippen LogP contribution in [0.2, 0.25) is 0 Å². The molecule has 0 unspecified atom stereocenters. The quantitative estimate of drug-likeness (QED) is 0.742. The van der Waals surface area contributed by atoms with Gasteiger partial charge in [-0.05, 0) is 43.2 Å². The highest BCUT2D eigenvalue weighted by Crippen LogP contribution is 2.23. The van der Waals surface area contributed by atoms with Crippen molar-refractivity contribution in [2.75, 3.05) is 11.9 Å². The molecular weight excluding hydrogens is 368 g/mol. The Kier molecular flexibility index (Phi) is 4.87. The zero-order valence-electron chi connectivity index (χ0n) is 15.9. The molecule has 0 aliphatic carbocycles. The van der Waals surface area contributed by atoms with Crippen LogP contribution in [0, 0.1) is 11.3 Å². The van der Waals surface area contributed by atoms with Crippen molar-refractivity contribution in [1.82, 2.24) is 19.2 Å². The maximum atomic E-state index is 13.0. The lowest BCUT2D eigenvalue weighted by Gasteiger charge is -2.24. The van der Waals surface area contributed by atoms with Gasteiger partial charge in [0.05, 0.1) is 11.3 Å². The normalized spacial score (nSPS) is 15.9. The molecule has 1 N–H and O–H groups in total. The third-order valence-electron chi connectivity index (χ3n) is 5.05. The molecule has 0 radical (unpaired) electrons. The largest absolute Gasteiger partial charge is 0.345 e. The van der Waals surface area contributed by atoms with E-state index in [2.05, 4.69) is 10.4 Å². The predicted molar refractivity (Wildman–Crippen MR) is 106 cm³/mol. The van der Waals surface area contributed by atoms with Crippen LogP contribution in [-0.2, 0) is 11.8 Å². The molecule has 8 nitrogen and oxygen atoms in total. The van der Waals surface area contributed by atoms with Crippen molar-refractivity contribution < 1.29 is 9.59 Å². The van der Waals surface area contributed by atoms with Crippen LogP contribution in [-0.4, -0.2) is 43.6 Å². The molecule has 3 heterocycles. The van der Waals surface area contributed by atoms with Crippen molar-refractivity contribution in [3.63, 3.8) is 0 Å². The summed E-state index contributed by atoms with van der Waals surface area (Å²) in [5.74, 6) is -0.458. The van der Waals surface area contributed by atoms with Gasteiger partial charge in [-0.3, -0.25) is 9.59 Å². The second kappa shape index (κ2) is 7.64. The number of aryl methyl sites for hydroxylation is 1. The highest BCUT2D eigenvalue weighted by Gasteiger charge is 2.35. The lowest BCUT2D eigenvalue weighted by Crippen LogP contribution is -2.43. The predicted octanol–water partition coefficient (Wildman–Crippen LogP) is 2.33. The number of hydrogen-bond donors (Lipinski definition) is 1. The molecule has 1 aliphatic rings. The summed E-state index contributed by atoms with van der Waals surface area (Å²) in [6.45, 7) is 0.511. The van der Waals surface area contributed by atoms with Crippen molar-refractivity contribution in [3.05, 3.63) is 66.2 Å². The number of nitrogens with one attached hydrogen (secondary N) is 1. The van der Waals surface area contributed by atoms with Gasteiger partial charge in [-0.25, -0.2) is 4.68 Å². The summed E-state index contributed by atoms with van der Waals surface area (Å²) in [7, 11) is 1.72. The molecule has 3 aromatic rings. The van der Waals surface area contributed by atoms with E-state index in [1.807, 2.05) is 42.6 Å². The zero-order valence-corrected chi connectivity index (χ0v) is 15.9. The topological polar surface area (TPSA) is 96.0 Å². The van der Waals surface area contributed by atoms with Gasteiger partial charge in [0.1, 0.15) is 17.8 Å². The maximum Gasteiger partial charge on any atom is 0.271 e. The van der Waals surface area contributed by atoms with Crippen LogP contribution in [0.15, 0.2) is 55.0 Å². The fourth-order valence-corrected chi connectivity index (χ4v) is 3.64. The molecule has 0 bridgehead atoms. The summed E-state index contributed by atoms with van der Waals surface area (Å²) in [5.41, 5.74) is 2.31. The number of aromatic nitrogens is 3. The highest BCUT2D eigenvalue weighted by molar-refractivity contribution is 6.01. The molecule has 1 aromatic carbocycles. The van der Waals surface area contributed by atoms with Crippen LogP contribution >= 0.6 is 0 Å². The molecule has 8 heteroatoms. The Labute approximate surface area is 168 Å². The molecule has 1 saturated heterocycles. The van der Waals surface area contributed by atoms with Crippen molar-refractivity contribution in [2.24, 2.45) is 7.05 Å². The number of rotatable bonds is 4. The van der Waals surface area contributed by atoms with Gasteiger partial charge in [0.25, 0.3) is 5.91 Å². The molecule has 1 fully saturated rings. The summed E-state index contributed by atoms with van der Waals surface area (Å²) < 4.78 is 3.34. The Hall–Kier alpha value is -3.86. The number of likely N-dealkylation sites (tertiary alicyclic amines) is 1. The third-order valence-corrected chi connectivity index (χ3v) is 5.05. The molecule has 2 aromatic heterocycles. The number of nitrogens with zero attached hydrogens (tertiary/aromatic N) is 5. The molecule has 146 valence electrons. The van der Waals surface area contributed by atoms with Crippen molar-refractivity contribution >= 4 is 17.5 Å². The minimum absolute atomic E-state index is 0.219. The van der Waals surface area contributed by atoms with Crippen LogP contribution in [0.4, 0.5) is 5.69 Å². The summed E-state index contributed by atoms with van der Waals surface area (Å²) in [4.78, 5) is 27.5. The molecule has 1 aliphatic heterocycles. The SMILES string of the molecule is Cn1cc(C#N)cc1C(=O)N1CCC[C@H]1C(=O)Nc1cccc(-n2cccn2)c1. The monoisotopic (exact) mass is 388 g/mol. The first-order valence-corrected chi connectivity index (χ1v) is 9.35. The summed E-state index contributed by atoms with van der Waals surface area (Å²) >= 11 is 0. The Morgan fingerprint density at radius 1 is 1.28 bits per heavy atom. The van der Waals surface area contributed by atoms with Gasteiger partial charge in [0.2, 0.25) is 5.91 Å². The molecule has 29 heavy (non-hydrogen) atoms. The second-order valence-corrected chi connectivity index (χ2v) is 6.98. The van der Waals surface area contributed by atoms with Gasteiger partial charge in [-0.2, -0.15) is 10.4 Å². The van der Waals surface area contributed by atoms with Gasteiger partial charge >= 0.3 is 0 Å². The minimum atomic E-state index is -0.545. The Morgan fingerprint density at radius 2 is 2.14 bits per heavy atom. The van der Waals surface area contributed by atoms with Gasteiger partial charge < -0.3 is 14.8 Å². The van der Waals surface area contributed by atoms with Crippen LogP contribution < -0.4 is 5.32 Å². The van der Waals surface area contributed by atoms with Gasteiger partial charge in [0, 0.05) is 37.9 Å². The molecule has 1 atom stereocenters. The maximum absolute atomic E-state index is 13.0. The number of carbonyl (C=O) groups excluding carboxylic acids is 2. The van der Waals surface area contributed by atoms with Crippen LogP contribution in [0.5, 0.6) is 0 Å². The zero-order chi connectivity index (χ0) is 20.4. The van der Waals surface area contributed by atoms with Gasteiger partial charge in [0.15, 0.2) is 0 Å². The van der Waals surface area contributed by atoms with Crippen LogP contribution in [0.25, 0.3) is 5.69 Å². The van der Waals surface area contributed by atoms with E-state index in [1.54, 1.807) is 39.7 Å². The van der Waals surface area contributed by atoms with E-state index in [1.165, 1.54) is 0 Å².